The molecular formula is C26H33N7O5. The van der Waals surface area contributed by atoms with Gasteiger partial charge in [-0.3, -0.25) is 9.59 Å². The summed E-state index contributed by atoms with van der Waals surface area (Å²) in [5.41, 5.74) is 1.44. The number of fused-ring (bicyclic) bond motifs is 1. The molecule has 0 atom stereocenters. The summed E-state index contributed by atoms with van der Waals surface area (Å²) in [4.78, 5) is 53.3. The van der Waals surface area contributed by atoms with Gasteiger partial charge in [0.2, 0.25) is 11.8 Å². The number of aromatic amines is 1. The second kappa shape index (κ2) is 11.5. The molecule has 0 spiro atoms. The minimum Gasteiger partial charge on any atom is -0.410 e. The molecule has 3 aromatic rings. The third-order valence-electron chi connectivity index (χ3n) is 6.71. The van der Waals surface area contributed by atoms with Gasteiger partial charge in [-0.1, -0.05) is 6.07 Å². The first-order valence-corrected chi connectivity index (χ1v) is 12.3. The summed E-state index contributed by atoms with van der Waals surface area (Å²) in [7, 11) is 4.62. The Labute approximate surface area is 220 Å². The molecule has 0 unspecified atom stereocenters. The van der Waals surface area contributed by atoms with Crippen molar-refractivity contribution >= 4 is 40.4 Å². The average molecular weight is 524 g/mol. The van der Waals surface area contributed by atoms with Crippen LogP contribution in [0.4, 0.5) is 16.3 Å². The van der Waals surface area contributed by atoms with E-state index in [9.17, 15) is 14.4 Å². The number of hydrogen-bond donors (Lipinski definition) is 3. The maximum absolute atomic E-state index is 13.7. The number of rotatable bonds is 8. The van der Waals surface area contributed by atoms with E-state index in [1.54, 1.807) is 38.4 Å². The number of carbonyl (C=O) groups is 3. The molecule has 12 nitrogen and oxygen atoms in total. The summed E-state index contributed by atoms with van der Waals surface area (Å²) >= 11 is 0. The number of hydrogen-bond acceptors (Lipinski definition) is 8. The molecule has 38 heavy (non-hydrogen) atoms. The minimum absolute atomic E-state index is 0.0885. The SMILES string of the molecule is COCC(=O)NCC1(C(=O)Nc2cccc(OC(=O)N(C)C)c2)CCN(c2ncnc3[nH]cc(C)c23)CC1. The Morgan fingerprint density at radius 3 is 2.66 bits per heavy atom. The molecule has 1 aromatic carbocycles. The van der Waals surface area contributed by atoms with Gasteiger partial charge in [0.25, 0.3) is 0 Å². The van der Waals surface area contributed by atoms with E-state index < -0.39 is 11.5 Å². The molecule has 1 saturated heterocycles. The van der Waals surface area contributed by atoms with Crippen molar-refractivity contribution < 1.29 is 23.9 Å². The number of nitrogens with zero attached hydrogens (tertiary/aromatic N) is 4. The number of amides is 3. The average Bonchev–Trinajstić information content (AvgIpc) is 3.29. The molecule has 3 N–H and O–H groups in total. The van der Waals surface area contributed by atoms with Gasteiger partial charge in [0.15, 0.2) is 0 Å². The number of aryl methyl sites for hydroxylation is 1. The standard InChI is InChI=1S/C26H33N7O5/c1-17-13-27-22-21(17)23(30-16-29-22)33-10-8-26(9-11-33,15-28-20(34)14-37-4)24(35)31-18-6-5-7-19(12-18)38-25(36)32(2)3/h5-7,12-13,16H,8-11,14-15H2,1-4H3,(H,28,34)(H,31,35)(H,27,29,30). The Balaban J connectivity index is 1.53. The van der Waals surface area contributed by atoms with Crippen molar-refractivity contribution in [2.45, 2.75) is 19.8 Å². The molecule has 3 heterocycles. The largest absolute Gasteiger partial charge is 0.414 e. The second-order valence-corrected chi connectivity index (χ2v) is 9.61. The van der Waals surface area contributed by atoms with Crippen molar-refractivity contribution in [3.05, 3.63) is 42.4 Å². The van der Waals surface area contributed by atoms with Gasteiger partial charge in [-0.2, -0.15) is 0 Å². The fourth-order valence-electron chi connectivity index (χ4n) is 4.51. The number of nitrogens with one attached hydrogen (secondary N) is 3. The Kier molecular flexibility index (Phi) is 8.10. The van der Waals surface area contributed by atoms with Crippen LogP contribution in [0.25, 0.3) is 11.0 Å². The summed E-state index contributed by atoms with van der Waals surface area (Å²) < 4.78 is 10.2. The number of H-pyrrole nitrogens is 1. The molecule has 12 heteroatoms. The third-order valence-corrected chi connectivity index (χ3v) is 6.71. The van der Waals surface area contributed by atoms with Crippen molar-refractivity contribution in [3.63, 3.8) is 0 Å². The van der Waals surface area contributed by atoms with Gasteiger partial charge in [0, 0.05) is 58.8 Å². The van der Waals surface area contributed by atoms with Crippen molar-refractivity contribution in [1.29, 1.82) is 0 Å². The molecule has 0 aliphatic carbocycles. The van der Waals surface area contributed by atoms with E-state index in [0.29, 0.717) is 37.4 Å². The van der Waals surface area contributed by atoms with E-state index in [1.807, 2.05) is 13.1 Å². The molecule has 0 saturated carbocycles. The number of anilines is 2. The van der Waals surface area contributed by atoms with Crippen LogP contribution < -0.4 is 20.3 Å². The lowest BCUT2D eigenvalue weighted by Gasteiger charge is -2.41. The summed E-state index contributed by atoms with van der Waals surface area (Å²) in [6.07, 6.45) is 3.88. The monoisotopic (exact) mass is 523 g/mol. The van der Waals surface area contributed by atoms with Crippen LogP contribution in [0.1, 0.15) is 18.4 Å². The van der Waals surface area contributed by atoms with Crippen LogP contribution in [0, 0.1) is 12.3 Å². The lowest BCUT2D eigenvalue weighted by molar-refractivity contribution is -0.129. The van der Waals surface area contributed by atoms with Crippen molar-refractivity contribution in [2.24, 2.45) is 5.41 Å². The van der Waals surface area contributed by atoms with Crippen LogP contribution in [-0.2, 0) is 14.3 Å². The van der Waals surface area contributed by atoms with Crippen LogP contribution in [0.3, 0.4) is 0 Å². The highest BCUT2D eigenvalue weighted by Gasteiger charge is 2.42. The summed E-state index contributed by atoms with van der Waals surface area (Å²) in [6.45, 7) is 3.19. The predicted octanol–water partition coefficient (Wildman–Crippen LogP) is 2.31. The quantitative estimate of drug-likeness (QED) is 0.408. The molecule has 4 rings (SSSR count). The van der Waals surface area contributed by atoms with Crippen molar-refractivity contribution in [3.8, 4) is 5.75 Å². The van der Waals surface area contributed by atoms with E-state index in [0.717, 1.165) is 22.4 Å². The van der Waals surface area contributed by atoms with E-state index in [-0.39, 0.29) is 25.0 Å². The molecule has 0 bridgehead atoms. The molecular weight excluding hydrogens is 490 g/mol. The van der Waals surface area contributed by atoms with Gasteiger partial charge >= 0.3 is 6.09 Å². The smallest absolute Gasteiger partial charge is 0.410 e. The Morgan fingerprint density at radius 1 is 1.18 bits per heavy atom. The maximum atomic E-state index is 13.7. The van der Waals surface area contributed by atoms with Gasteiger partial charge in [-0.05, 0) is 37.5 Å². The number of ether oxygens (including phenoxy) is 2. The highest BCUT2D eigenvalue weighted by molar-refractivity contribution is 5.97. The normalized spacial score (nSPS) is 14.7. The molecule has 3 amide bonds. The molecule has 2 aromatic heterocycles. The molecule has 1 aliphatic rings. The fourth-order valence-corrected chi connectivity index (χ4v) is 4.51. The number of carbonyl (C=O) groups excluding carboxylic acids is 3. The van der Waals surface area contributed by atoms with Gasteiger partial charge in [-0.25, -0.2) is 14.8 Å². The molecule has 1 fully saturated rings. The minimum atomic E-state index is -0.866. The predicted molar refractivity (Wildman–Crippen MR) is 142 cm³/mol. The van der Waals surface area contributed by atoms with E-state index in [1.165, 1.54) is 18.3 Å². The van der Waals surface area contributed by atoms with Crippen molar-refractivity contribution in [2.75, 3.05) is 57.7 Å². The van der Waals surface area contributed by atoms with Gasteiger partial charge < -0.3 is 34.9 Å². The van der Waals surface area contributed by atoms with Crippen LogP contribution >= 0.6 is 0 Å². The van der Waals surface area contributed by atoms with Gasteiger partial charge in [-0.15, -0.1) is 0 Å². The van der Waals surface area contributed by atoms with Crippen LogP contribution in [0.2, 0.25) is 0 Å². The van der Waals surface area contributed by atoms with E-state index in [2.05, 4.69) is 30.5 Å². The van der Waals surface area contributed by atoms with Crippen LogP contribution in [-0.4, -0.2) is 85.2 Å². The number of piperidine rings is 1. The topological polar surface area (TPSA) is 142 Å². The third kappa shape index (κ3) is 5.86. The zero-order chi connectivity index (χ0) is 27.3. The lowest BCUT2D eigenvalue weighted by Crippen LogP contribution is -2.53. The zero-order valence-electron chi connectivity index (χ0n) is 22.0. The fraction of sp³-hybridized carbons (Fsp3) is 0.423. The van der Waals surface area contributed by atoms with Gasteiger partial charge in [0.05, 0.1) is 10.8 Å². The first-order valence-electron chi connectivity index (χ1n) is 12.3. The molecule has 1 aliphatic heterocycles. The van der Waals surface area contributed by atoms with Crippen molar-refractivity contribution in [1.82, 2.24) is 25.2 Å². The highest BCUT2D eigenvalue weighted by atomic mass is 16.6. The Morgan fingerprint density at radius 2 is 1.95 bits per heavy atom. The second-order valence-electron chi connectivity index (χ2n) is 9.61. The van der Waals surface area contributed by atoms with Crippen LogP contribution in [0.5, 0.6) is 5.75 Å². The summed E-state index contributed by atoms with van der Waals surface area (Å²) in [5, 5.41) is 6.78. The van der Waals surface area contributed by atoms with E-state index >= 15 is 0 Å². The van der Waals surface area contributed by atoms with Crippen LogP contribution in [0.15, 0.2) is 36.8 Å². The molecule has 0 radical (unpaired) electrons. The Hall–Kier alpha value is -4.19. The first kappa shape index (κ1) is 26.9. The number of methoxy groups -OCH3 is 1. The highest BCUT2D eigenvalue weighted by Crippen LogP contribution is 2.36. The number of aromatic nitrogens is 3. The lowest BCUT2D eigenvalue weighted by atomic mass is 9.77. The molecule has 202 valence electrons. The number of benzene rings is 1. The maximum Gasteiger partial charge on any atom is 0.414 e. The van der Waals surface area contributed by atoms with E-state index in [4.69, 9.17) is 9.47 Å². The summed E-state index contributed by atoms with van der Waals surface area (Å²) in [5.74, 6) is 0.617. The first-order chi connectivity index (χ1) is 18.2. The summed E-state index contributed by atoms with van der Waals surface area (Å²) in [6, 6.07) is 6.66. The Bertz CT molecular complexity index is 1310. The van der Waals surface area contributed by atoms with Gasteiger partial charge in [0.1, 0.15) is 30.1 Å². The zero-order valence-corrected chi connectivity index (χ0v) is 22.0.